The van der Waals surface area contributed by atoms with E-state index >= 15 is 4.39 Å². The van der Waals surface area contributed by atoms with E-state index in [1.165, 1.54) is 18.4 Å². The van der Waals surface area contributed by atoms with Gasteiger partial charge in [-0.1, -0.05) is 0 Å². The largest absolute Gasteiger partial charge is 0.494 e. The summed E-state index contributed by atoms with van der Waals surface area (Å²) in [4.78, 5) is 25.7. The van der Waals surface area contributed by atoms with E-state index in [0.717, 1.165) is 29.0 Å². The highest BCUT2D eigenvalue weighted by atomic mass is 32.1. The quantitative estimate of drug-likeness (QED) is 0.663. The molecule has 1 aliphatic carbocycles. The van der Waals surface area contributed by atoms with Gasteiger partial charge < -0.3 is 16.3 Å². The maximum Gasteiger partial charge on any atom is 0.354 e. The van der Waals surface area contributed by atoms with E-state index in [-0.39, 0.29) is 28.8 Å². The lowest BCUT2D eigenvalue weighted by Crippen LogP contribution is -2.44. The molecule has 4 N–H and O–H groups in total. The Labute approximate surface area is 157 Å². The van der Waals surface area contributed by atoms with E-state index in [0.29, 0.717) is 15.1 Å². The van der Waals surface area contributed by atoms with Crippen molar-refractivity contribution in [3.8, 4) is 16.2 Å². The van der Waals surface area contributed by atoms with E-state index in [1.54, 1.807) is 6.07 Å². The van der Waals surface area contributed by atoms with Crippen LogP contribution >= 0.6 is 11.3 Å². The Morgan fingerprint density at radius 3 is 2.63 bits per heavy atom. The molecule has 3 aromatic heterocycles. The molecule has 0 amide bonds. The number of methoxy groups -OCH3 is 1. The summed E-state index contributed by atoms with van der Waals surface area (Å²) in [5.41, 5.74) is 6.28. The number of nitrogen functional groups attached to an aromatic ring is 1. The van der Waals surface area contributed by atoms with Crippen molar-refractivity contribution in [1.82, 2.24) is 9.08 Å². The number of fused-ring (bicyclic) bond motifs is 1. The second-order valence-electron chi connectivity index (χ2n) is 6.78. The van der Waals surface area contributed by atoms with Crippen LogP contribution < -0.4 is 27.6 Å². The molecule has 7 nitrogen and oxygen atoms in total. The lowest BCUT2D eigenvalue weighted by molar-refractivity contribution is 0.415. The molecule has 3 aromatic rings. The normalized spacial score (nSPS) is 15.3. The topological polar surface area (TPSA) is 105 Å². The first-order chi connectivity index (χ1) is 12.8. The fourth-order valence-electron chi connectivity index (χ4n) is 3.30. The Hall–Kier alpha value is -2.65. The van der Waals surface area contributed by atoms with Gasteiger partial charge in [-0.3, -0.25) is 9.20 Å². The Morgan fingerprint density at radius 1 is 1.37 bits per heavy atom. The second kappa shape index (κ2) is 6.21. The molecular formula is C18H19FN4O3S. The number of nitrogens with two attached hydrogens (primary N) is 2. The third-order valence-corrected chi connectivity index (χ3v) is 5.83. The number of ether oxygens (including phenoxy) is 1. The molecule has 0 saturated heterocycles. The van der Waals surface area contributed by atoms with E-state index in [9.17, 15) is 9.59 Å². The van der Waals surface area contributed by atoms with Crippen LogP contribution in [0.15, 0.2) is 27.2 Å². The van der Waals surface area contributed by atoms with Gasteiger partial charge in [-0.05, 0) is 42.7 Å². The van der Waals surface area contributed by atoms with Crippen molar-refractivity contribution >= 4 is 16.9 Å². The van der Waals surface area contributed by atoms with E-state index in [1.807, 2.05) is 12.3 Å². The molecule has 1 unspecified atom stereocenters. The fourth-order valence-corrected chi connectivity index (χ4v) is 4.36. The Kier molecular flexibility index (Phi) is 4.08. The van der Waals surface area contributed by atoms with Crippen LogP contribution in [-0.4, -0.2) is 16.2 Å². The zero-order chi connectivity index (χ0) is 19.5. The van der Waals surface area contributed by atoms with Crippen molar-refractivity contribution in [1.29, 1.82) is 0 Å². The van der Waals surface area contributed by atoms with Crippen LogP contribution in [0.4, 0.5) is 4.39 Å². The first kappa shape index (κ1) is 17.7. The van der Waals surface area contributed by atoms with Crippen LogP contribution in [0.5, 0.6) is 5.75 Å². The van der Waals surface area contributed by atoms with E-state index in [4.69, 9.17) is 16.3 Å². The SMILES string of the molecule is COc1c(-c2cc(C(C)N)cs2)c(F)cn2c(=O)n(N)c(=O)c(C3CC3)c12. The minimum atomic E-state index is -0.814. The average Bonchev–Trinajstić information content (AvgIpc) is 3.35. The molecule has 0 radical (unpaired) electrons. The third-order valence-electron chi connectivity index (χ3n) is 4.86. The molecule has 4 rings (SSSR count). The molecule has 1 saturated carbocycles. The Balaban J connectivity index is 2.14. The summed E-state index contributed by atoms with van der Waals surface area (Å²) in [7, 11) is 1.40. The van der Waals surface area contributed by atoms with Crippen molar-refractivity contribution in [2.45, 2.75) is 31.7 Å². The summed E-state index contributed by atoms with van der Waals surface area (Å²) >= 11 is 1.33. The van der Waals surface area contributed by atoms with Crippen LogP contribution in [0.3, 0.4) is 0 Å². The number of rotatable bonds is 4. The van der Waals surface area contributed by atoms with Gasteiger partial charge in [-0.15, -0.1) is 11.3 Å². The highest BCUT2D eigenvalue weighted by molar-refractivity contribution is 7.13. The van der Waals surface area contributed by atoms with Crippen LogP contribution in [0.2, 0.25) is 0 Å². The zero-order valence-corrected chi connectivity index (χ0v) is 15.7. The number of nitrogens with zero attached hydrogens (tertiary/aromatic N) is 2. The van der Waals surface area contributed by atoms with E-state index in [2.05, 4.69) is 0 Å². The van der Waals surface area contributed by atoms with Crippen molar-refractivity contribution in [3.63, 3.8) is 0 Å². The van der Waals surface area contributed by atoms with Crippen molar-refractivity contribution in [2.24, 2.45) is 5.73 Å². The van der Waals surface area contributed by atoms with Gasteiger partial charge in [0.05, 0.1) is 24.4 Å². The summed E-state index contributed by atoms with van der Waals surface area (Å²) in [5, 5.41) is 1.86. The monoisotopic (exact) mass is 390 g/mol. The first-order valence-corrected chi connectivity index (χ1v) is 9.40. The number of thiophene rings is 1. The lowest BCUT2D eigenvalue weighted by Gasteiger charge is -2.16. The summed E-state index contributed by atoms with van der Waals surface area (Å²) in [6, 6.07) is 1.60. The minimum Gasteiger partial charge on any atom is -0.494 e. The number of hydrogen-bond donors (Lipinski definition) is 2. The van der Waals surface area contributed by atoms with Crippen molar-refractivity contribution in [3.05, 3.63) is 55.4 Å². The van der Waals surface area contributed by atoms with Gasteiger partial charge in [0.15, 0.2) is 11.6 Å². The molecule has 142 valence electrons. The molecule has 1 atom stereocenters. The number of aromatic nitrogens is 2. The fraction of sp³-hybridized carbons (Fsp3) is 0.333. The molecule has 1 aliphatic rings. The smallest absolute Gasteiger partial charge is 0.354 e. The highest BCUT2D eigenvalue weighted by Crippen LogP contribution is 2.45. The molecule has 1 fully saturated rings. The second-order valence-corrected chi connectivity index (χ2v) is 7.69. The summed E-state index contributed by atoms with van der Waals surface area (Å²) in [6.07, 6.45) is 2.69. The van der Waals surface area contributed by atoms with E-state index < -0.39 is 17.1 Å². The van der Waals surface area contributed by atoms with Crippen LogP contribution in [0.25, 0.3) is 16.0 Å². The minimum absolute atomic E-state index is 0.0157. The molecule has 0 bridgehead atoms. The summed E-state index contributed by atoms with van der Waals surface area (Å²) < 4.78 is 22.1. The van der Waals surface area contributed by atoms with Gasteiger partial charge in [-0.25, -0.2) is 9.18 Å². The molecule has 0 spiro atoms. The lowest BCUT2D eigenvalue weighted by atomic mass is 10.1. The highest BCUT2D eigenvalue weighted by Gasteiger charge is 2.33. The van der Waals surface area contributed by atoms with Crippen molar-refractivity contribution < 1.29 is 9.13 Å². The molecule has 27 heavy (non-hydrogen) atoms. The zero-order valence-electron chi connectivity index (χ0n) is 14.9. The summed E-state index contributed by atoms with van der Waals surface area (Å²) in [5.74, 6) is 5.14. The maximum absolute atomic E-state index is 15.0. The third kappa shape index (κ3) is 2.65. The number of pyridine rings is 1. The number of hydrogen-bond acceptors (Lipinski definition) is 6. The van der Waals surface area contributed by atoms with Crippen LogP contribution in [-0.2, 0) is 0 Å². The predicted molar refractivity (Wildman–Crippen MR) is 102 cm³/mol. The van der Waals surface area contributed by atoms with Crippen LogP contribution in [0, 0.1) is 5.82 Å². The maximum atomic E-state index is 15.0. The average molecular weight is 390 g/mol. The van der Waals surface area contributed by atoms with Gasteiger partial charge in [0, 0.05) is 10.9 Å². The summed E-state index contributed by atoms with van der Waals surface area (Å²) in [6.45, 7) is 1.84. The number of halogens is 1. The molecule has 0 aliphatic heterocycles. The first-order valence-electron chi connectivity index (χ1n) is 8.52. The van der Waals surface area contributed by atoms with Gasteiger partial charge in [0.1, 0.15) is 5.52 Å². The molecule has 9 heteroatoms. The van der Waals surface area contributed by atoms with Crippen LogP contribution in [0.1, 0.15) is 42.9 Å². The standard InChI is InChI=1S/C18H19FN4O3S/c1-8(20)10-5-12(27-7-10)14-11(19)6-22-15(16(14)26-2)13(9-3-4-9)17(24)23(21)18(22)25/h5-9H,3-4,20-21H2,1-2H3. The van der Waals surface area contributed by atoms with Gasteiger partial charge in [0.2, 0.25) is 0 Å². The molecule has 0 aromatic carbocycles. The van der Waals surface area contributed by atoms with Gasteiger partial charge in [0.25, 0.3) is 5.56 Å². The van der Waals surface area contributed by atoms with Gasteiger partial charge >= 0.3 is 5.69 Å². The predicted octanol–water partition coefficient (Wildman–Crippen LogP) is 1.95. The van der Waals surface area contributed by atoms with Crippen molar-refractivity contribution in [2.75, 3.05) is 13.0 Å². The molecular weight excluding hydrogens is 371 g/mol. The molecule has 3 heterocycles. The Morgan fingerprint density at radius 2 is 2.07 bits per heavy atom. The van der Waals surface area contributed by atoms with Gasteiger partial charge in [-0.2, -0.15) is 4.68 Å². The Bertz CT molecular complexity index is 1170.